The van der Waals surface area contributed by atoms with E-state index in [1.165, 1.54) is 93.1 Å². The lowest BCUT2D eigenvalue weighted by molar-refractivity contribution is 0.544. The van der Waals surface area contributed by atoms with Gasteiger partial charge >= 0.3 is 0 Å². The SMILES string of the molecule is CCCCCCCCCCCCCCc1cc(-c2cccs2)ccc1C#N. The summed E-state index contributed by atoms with van der Waals surface area (Å²) in [6, 6.07) is 12.9. The van der Waals surface area contributed by atoms with Crippen molar-refractivity contribution in [2.45, 2.75) is 90.4 Å². The van der Waals surface area contributed by atoms with Gasteiger partial charge in [0.1, 0.15) is 0 Å². The number of nitriles is 1. The van der Waals surface area contributed by atoms with E-state index in [4.69, 9.17) is 0 Å². The van der Waals surface area contributed by atoms with Crippen LogP contribution in [0.2, 0.25) is 0 Å². The molecule has 27 heavy (non-hydrogen) atoms. The van der Waals surface area contributed by atoms with Crippen molar-refractivity contribution in [3.63, 3.8) is 0 Å². The highest BCUT2D eigenvalue weighted by atomic mass is 32.1. The van der Waals surface area contributed by atoms with Gasteiger partial charge in [-0.3, -0.25) is 0 Å². The van der Waals surface area contributed by atoms with Gasteiger partial charge in [0.05, 0.1) is 11.6 Å². The van der Waals surface area contributed by atoms with Crippen LogP contribution in [0.3, 0.4) is 0 Å². The molecule has 0 aliphatic heterocycles. The lowest BCUT2D eigenvalue weighted by Gasteiger charge is -2.07. The summed E-state index contributed by atoms with van der Waals surface area (Å²) in [4.78, 5) is 1.29. The lowest BCUT2D eigenvalue weighted by atomic mass is 9.98. The van der Waals surface area contributed by atoms with Gasteiger partial charge in [-0.05, 0) is 47.5 Å². The highest BCUT2D eigenvalue weighted by molar-refractivity contribution is 7.13. The van der Waals surface area contributed by atoms with Gasteiger partial charge in [-0.15, -0.1) is 11.3 Å². The smallest absolute Gasteiger partial charge is 0.0994 e. The fourth-order valence-electron chi connectivity index (χ4n) is 3.66. The molecule has 0 saturated heterocycles. The summed E-state index contributed by atoms with van der Waals surface area (Å²) >= 11 is 1.76. The lowest BCUT2D eigenvalue weighted by Crippen LogP contribution is -1.92. The molecule has 0 unspecified atom stereocenters. The van der Waals surface area contributed by atoms with E-state index >= 15 is 0 Å². The first kappa shape index (κ1) is 21.7. The number of unbranched alkanes of at least 4 members (excludes halogenated alkanes) is 11. The molecule has 1 heterocycles. The summed E-state index contributed by atoms with van der Waals surface area (Å²) in [7, 11) is 0. The summed E-state index contributed by atoms with van der Waals surface area (Å²) in [5.74, 6) is 0. The van der Waals surface area contributed by atoms with E-state index in [1.807, 2.05) is 6.07 Å². The minimum Gasteiger partial charge on any atom is -0.192 e. The van der Waals surface area contributed by atoms with E-state index in [1.54, 1.807) is 11.3 Å². The highest BCUT2D eigenvalue weighted by Gasteiger charge is 2.06. The third-order valence-electron chi connectivity index (χ3n) is 5.33. The van der Waals surface area contributed by atoms with Gasteiger partial charge in [0.25, 0.3) is 0 Å². The van der Waals surface area contributed by atoms with Crippen molar-refractivity contribution in [2.24, 2.45) is 0 Å². The molecule has 0 aliphatic carbocycles. The van der Waals surface area contributed by atoms with Crippen LogP contribution >= 0.6 is 11.3 Å². The van der Waals surface area contributed by atoms with Gasteiger partial charge in [-0.25, -0.2) is 0 Å². The van der Waals surface area contributed by atoms with Gasteiger partial charge in [-0.1, -0.05) is 89.7 Å². The maximum Gasteiger partial charge on any atom is 0.0994 e. The average Bonchev–Trinajstić information content (AvgIpc) is 3.23. The molecule has 0 N–H and O–H groups in total. The van der Waals surface area contributed by atoms with Crippen molar-refractivity contribution < 1.29 is 0 Å². The Labute approximate surface area is 170 Å². The largest absolute Gasteiger partial charge is 0.192 e. The Balaban J connectivity index is 1.60. The van der Waals surface area contributed by atoms with Gasteiger partial charge < -0.3 is 0 Å². The van der Waals surface area contributed by atoms with E-state index in [-0.39, 0.29) is 0 Å². The van der Waals surface area contributed by atoms with Gasteiger partial charge in [0.15, 0.2) is 0 Å². The number of benzene rings is 1. The third kappa shape index (κ3) is 8.31. The molecule has 1 aromatic heterocycles. The van der Waals surface area contributed by atoms with Gasteiger partial charge in [-0.2, -0.15) is 5.26 Å². The molecule has 0 amide bonds. The van der Waals surface area contributed by atoms with E-state index in [9.17, 15) is 5.26 Å². The van der Waals surface area contributed by atoms with Crippen molar-refractivity contribution in [1.29, 1.82) is 5.26 Å². The second kappa shape index (κ2) is 13.6. The van der Waals surface area contributed by atoms with E-state index in [0.717, 1.165) is 12.0 Å². The minimum absolute atomic E-state index is 0.846. The maximum atomic E-state index is 9.38. The Hall–Kier alpha value is -1.59. The van der Waals surface area contributed by atoms with Crippen LogP contribution in [0.5, 0.6) is 0 Å². The second-order valence-electron chi connectivity index (χ2n) is 7.60. The molecule has 146 valence electrons. The zero-order chi connectivity index (χ0) is 19.2. The molecule has 2 heteroatoms. The number of hydrogen-bond donors (Lipinski definition) is 0. The standard InChI is InChI=1S/C25H35NS/c1-2-3-4-5-6-7-8-9-10-11-12-13-15-22-20-23(17-18-24(22)21-26)25-16-14-19-27-25/h14,16-20H,2-13,15H2,1H3. The molecule has 1 aromatic carbocycles. The summed E-state index contributed by atoms with van der Waals surface area (Å²) in [6.07, 6.45) is 17.5. The third-order valence-corrected chi connectivity index (χ3v) is 6.25. The Morgan fingerprint density at radius 1 is 0.815 bits per heavy atom. The monoisotopic (exact) mass is 381 g/mol. The zero-order valence-electron chi connectivity index (χ0n) is 17.0. The second-order valence-corrected chi connectivity index (χ2v) is 8.55. The quantitative estimate of drug-likeness (QED) is 0.301. The highest BCUT2D eigenvalue weighted by Crippen LogP contribution is 2.27. The Bertz CT molecular complexity index is 666. The van der Waals surface area contributed by atoms with Crippen LogP contribution in [0.1, 0.15) is 95.1 Å². The molecule has 1 nitrogen and oxygen atoms in total. The number of nitrogens with zero attached hydrogens (tertiary/aromatic N) is 1. The predicted molar refractivity (Wildman–Crippen MR) is 119 cm³/mol. The van der Waals surface area contributed by atoms with Crippen LogP contribution in [0.25, 0.3) is 10.4 Å². The fourth-order valence-corrected chi connectivity index (χ4v) is 4.39. The zero-order valence-corrected chi connectivity index (χ0v) is 17.8. The fraction of sp³-hybridized carbons (Fsp3) is 0.560. The van der Waals surface area contributed by atoms with Crippen LogP contribution in [-0.2, 0) is 6.42 Å². The van der Waals surface area contributed by atoms with Crippen molar-refractivity contribution in [3.05, 3.63) is 46.8 Å². The first-order valence-electron chi connectivity index (χ1n) is 10.9. The maximum absolute atomic E-state index is 9.38. The summed E-state index contributed by atoms with van der Waals surface area (Å²) in [5.41, 5.74) is 3.31. The van der Waals surface area contributed by atoms with Gasteiger partial charge in [0.2, 0.25) is 0 Å². The summed E-state index contributed by atoms with van der Waals surface area (Å²) in [5, 5.41) is 11.5. The molecule has 2 aromatic rings. The minimum atomic E-state index is 0.846. The average molecular weight is 382 g/mol. The molecule has 0 spiro atoms. The van der Waals surface area contributed by atoms with Crippen molar-refractivity contribution >= 4 is 11.3 Å². The van der Waals surface area contributed by atoms with Crippen LogP contribution in [-0.4, -0.2) is 0 Å². The molecule has 0 aliphatic rings. The van der Waals surface area contributed by atoms with Crippen LogP contribution in [0, 0.1) is 11.3 Å². The number of aryl methyl sites for hydroxylation is 1. The number of hydrogen-bond acceptors (Lipinski definition) is 2. The van der Waals surface area contributed by atoms with Gasteiger partial charge in [0, 0.05) is 4.88 Å². The van der Waals surface area contributed by atoms with Crippen molar-refractivity contribution in [3.8, 4) is 16.5 Å². The molecule has 0 radical (unpaired) electrons. The molecular weight excluding hydrogens is 346 g/mol. The van der Waals surface area contributed by atoms with Crippen LogP contribution < -0.4 is 0 Å². The predicted octanol–water partition coefficient (Wildman–Crippen LogP) is 8.53. The molecule has 2 rings (SSSR count). The summed E-state index contributed by atoms with van der Waals surface area (Å²) < 4.78 is 0. The molecule has 0 atom stereocenters. The van der Waals surface area contributed by atoms with Crippen molar-refractivity contribution in [2.75, 3.05) is 0 Å². The van der Waals surface area contributed by atoms with E-state index < -0.39 is 0 Å². The molecule has 0 bridgehead atoms. The Morgan fingerprint density at radius 3 is 2.00 bits per heavy atom. The Morgan fingerprint density at radius 2 is 1.44 bits per heavy atom. The van der Waals surface area contributed by atoms with Crippen LogP contribution in [0.15, 0.2) is 35.7 Å². The van der Waals surface area contributed by atoms with E-state index in [0.29, 0.717) is 0 Å². The normalized spacial score (nSPS) is 10.8. The van der Waals surface area contributed by atoms with Crippen molar-refractivity contribution in [1.82, 2.24) is 0 Å². The van der Waals surface area contributed by atoms with E-state index in [2.05, 4.69) is 42.6 Å². The molecule has 0 saturated carbocycles. The number of thiophene rings is 1. The Kier molecular flexibility index (Phi) is 10.9. The molecular formula is C25H35NS. The number of rotatable bonds is 14. The summed E-state index contributed by atoms with van der Waals surface area (Å²) in [6.45, 7) is 2.28. The molecule has 0 fully saturated rings. The first-order valence-corrected chi connectivity index (χ1v) is 11.8. The first-order chi connectivity index (χ1) is 13.3. The van der Waals surface area contributed by atoms with Crippen LogP contribution in [0.4, 0.5) is 0 Å². The topological polar surface area (TPSA) is 23.8 Å².